The van der Waals surface area contributed by atoms with Gasteiger partial charge in [-0.15, -0.1) is 0 Å². The molecule has 1 aliphatic rings. The number of aryl methyl sites for hydroxylation is 1. The molecule has 1 saturated carbocycles. The summed E-state index contributed by atoms with van der Waals surface area (Å²) in [5.41, 5.74) is 2.45. The second-order valence-electron chi connectivity index (χ2n) is 11.3. The van der Waals surface area contributed by atoms with E-state index < -0.39 is 34.5 Å². The van der Waals surface area contributed by atoms with E-state index in [1.807, 2.05) is 61.5 Å². The Balaban J connectivity index is 1.75. The Morgan fingerprint density at radius 2 is 1.51 bits per heavy atom. The Kier molecular flexibility index (Phi) is 10.9. The lowest BCUT2D eigenvalue weighted by Gasteiger charge is -2.35. The van der Waals surface area contributed by atoms with Gasteiger partial charge >= 0.3 is 10.2 Å². The molecule has 10 heteroatoms. The van der Waals surface area contributed by atoms with Gasteiger partial charge in [0.15, 0.2) is 0 Å². The van der Waals surface area contributed by atoms with E-state index in [4.69, 9.17) is 0 Å². The summed E-state index contributed by atoms with van der Waals surface area (Å²) in [7, 11) is -1.62. The van der Waals surface area contributed by atoms with Crippen molar-refractivity contribution in [1.29, 1.82) is 0 Å². The number of para-hydroxylation sites is 1. The first-order chi connectivity index (χ1) is 20.6. The molecule has 1 N–H and O–H groups in total. The van der Waals surface area contributed by atoms with Crippen LogP contribution >= 0.6 is 0 Å². The maximum absolute atomic E-state index is 15.0. The second-order valence-corrected chi connectivity index (χ2v) is 13.4. The molecule has 0 aromatic heterocycles. The zero-order chi connectivity index (χ0) is 31.0. The molecule has 0 heterocycles. The van der Waals surface area contributed by atoms with Gasteiger partial charge in [-0.3, -0.25) is 9.59 Å². The Labute approximate surface area is 254 Å². The predicted molar refractivity (Wildman–Crippen MR) is 167 cm³/mol. The van der Waals surface area contributed by atoms with Crippen molar-refractivity contribution in [3.63, 3.8) is 0 Å². The van der Waals surface area contributed by atoms with E-state index >= 15 is 0 Å². The number of rotatable bonds is 12. The van der Waals surface area contributed by atoms with Crippen LogP contribution in [0, 0.1) is 12.7 Å². The van der Waals surface area contributed by atoms with Gasteiger partial charge < -0.3 is 10.2 Å². The summed E-state index contributed by atoms with van der Waals surface area (Å²) >= 11 is 0. The van der Waals surface area contributed by atoms with Crippen LogP contribution < -0.4 is 9.62 Å². The van der Waals surface area contributed by atoms with Gasteiger partial charge in [0.05, 0.1) is 5.69 Å². The third-order valence-electron chi connectivity index (χ3n) is 7.84. The highest BCUT2D eigenvalue weighted by Gasteiger charge is 2.36. The topological polar surface area (TPSA) is 90.0 Å². The van der Waals surface area contributed by atoms with Crippen molar-refractivity contribution in [2.75, 3.05) is 24.9 Å². The van der Waals surface area contributed by atoms with Crippen LogP contribution in [0.4, 0.5) is 10.1 Å². The van der Waals surface area contributed by atoms with Crippen LogP contribution in [0.15, 0.2) is 78.9 Å². The first-order valence-electron chi connectivity index (χ1n) is 14.7. The molecule has 0 bridgehead atoms. The maximum atomic E-state index is 15.0. The minimum atomic E-state index is -4.27. The number of amides is 2. The Morgan fingerprint density at radius 3 is 2.14 bits per heavy atom. The summed E-state index contributed by atoms with van der Waals surface area (Å²) in [4.78, 5) is 29.8. The van der Waals surface area contributed by atoms with Crippen LogP contribution in [0.1, 0.15) is 48.8 Å². The average molecular weight is 609 g/mol. The van der Waals surface area contributed by atoms with E-state index in [0.29, 0.717) is 0 Å². The summed E-state index contributed by atoms with van der Waals surface area (Å²) in [5.74, 6) is -1.68. The molecular formula is C33H41FN4O4S. The van der Waals surface area contributed by atoms with E-state index in [1.54, 1.807) is 0 Å². The van der Waals surface area contributed by atoms with Crippen LogP contribution in [-0.4, -0.2) is 62.2 Å². The fraction of sp³-hybridized carbons (Fsp3) is 0.394. The van der Waals surface area contributed by atoms with E-state index in [2.05, 4.69) is 5.32 Å². The molecule has 43 heavy (non-hydrogen) atoms. The largest absolute Gasteiger partial charge is 0.352 e. The quantitative estimate of drug-likeness (QED) is 0.319. The molecule has 4 rings (SSSR count). The molecule has 230 valence electrons. The summed E-state index contributed by atoms with van der Waals surface area (Å²) < 4.78 is 43.6. The fourth-order valence-corrected chi connectivity index (χ4v) is 6.41. The molecule has 0 saturated heterocycles. The predicted octanol–water partition coefficient (Wildman–Crippen LogP) is 4.84. The van der Waals surface area contributed by atoms with Crippen LogP contribution in [0.25, 0.3) is 0 Å². The molecule has 3 aromatic carbocycles. The molecule has 0 spiro atoms. The van der Waals surface area contributed by atoms with Crippen molar-refractivity contribution in [2.24, 2.45) is 0 Å². The van der Waals surface area contributed by atoms with E-state index in [9.17, 15) is 22.4 Å². The lowest BCUT2D eigenvalue weighted by atomic mass is 9.94. The Hall–Kier alpha value is -3.76. The number of anilines is 1. The van der Waals surface area contributed by atoms with Crippen molar-refractivity contribution in [3.05, 3.63) is 101 Å². The summed E-state index contributed by atoms with van der Waals surface area (Å²) in [6, 6.07) is 21.6. The number of carbonyl (C=O) groups excluding carboxylic acids is 2. The van der Waals surface area contributed by atoms with Crippen LogP contribution in [-0.2, 0) is 32.8 Å². The van der Waals surface area contributed by atoms with E-state index in [-0.39, 0.29) is 30.6 Å². The van der Waals surface area contributed by atoms with Gasteiger partial charge in [0.2, 0.25) is 11.8 Å². The van der Waals surface area contributed by atoms with Crippen LogP contribution in [0.2, 0.25) is 0 Å². The third-order valence-corrected chi connectivity index (χ3v) is 9.64. The molecular weight excluding hydrogens is 567 g/mol. The van der Waals surface area contributed by atoms with Gasteiger partial charge in [-0.1, -0.05) is 91.6 Å². The molecule has 8 nitrogen and oxygen atoms in total. The number of halogens is 1. The van der Waals surface area contributed by atoms with Crippen molar-refractivity contribution >= 4 is 27.7 Å². The number of nitrogens with zero attached hydrogens (tertiary/aromatic N) is 3. The number of carbonyl (C=O) groups is 2. The number of hydrogen-bond acceptors (Lipinski definition) is 4. The van der Waals surface area contributed by atoms with E-state index in [1.165, 1.54) is 37.2 Å². The van der Waals surface area contributed by atoms with Crippen LogP contribution in [0.3, 0.4) is 0 Å². The van der Waals surface area contributed by atoms with E-state index in [0.717, 1.165) is 63.5 Å². The monoisotopic (exact) mass is 608 g/mol. The molecule has 3 aromatic rings. The highest BCUT2D eigenvalue weighted by atomic mass is 32.2. The molecule has 0 unspecified atom stereocenters. The van der Waals surface area contributed by atoms with Crippen molar-refractivity contribution in [2.45, 2.75) is 64.1 Å². The zero-order valence-electron chi connectivity index (χ0n) is 25.1. The Morgan fingerprint density at radius 1 is 0.884 bits per heavy atom. The highest BCUT2D eigenvalue weighted by Crippen LogP contribution is 2.25. The van der Waals surface area contributed by atoms with Gasteiger partial charge in [0.1, 0.15) is 18.4 Å². The Bertz CT molecular complexity index is 1480. The van der Waals surface area contributed by atoms with Crippen molar-refractivity contribution in [3.8, 4) is 0 Å². The maximum Gasteiger partial charge on any atom is 0.304 e. The minimum Gasteiger partial charge on any atom is -0.352 e. The van der Waals surface area contributed by atoms with Gasteiger partial charge in [-0.25, -0.2) is 8.70 Å². The van der Waals surface area contributed by atoms with Crippen molar-refractivity contribution in [1.82, 2.24) is 14.5 Å². The third kappa shape index (κ3) is 8.42. The molecule has 1 aliphatic carbocycles. The number of nitrogens with one attached hydrogen (secondary N) is 1. The highest BCUT2D eigenvalue weighted by molar-refractivity contribution is 7.90. The molecule has 0 radical (unpaired) electrons. The second kappa shape index (κ2) is 14.6. The summed E-state index contributed by atoms with van der Waals surface area (Å²) in [6.07, 6.45) is 5.16. The number of hydrogen-bond donors (Lipinski definition) is 1. The average Bonchev–Trinajstić information content (AvgIpc) is 3.00. The normalized spacial score (nSPS) is 14.7. The SMILES string of the molecule is Cc1ccc(CN(C(=O)CN(c2ccccc2F)S(=O)(=O)N(C)C)[C@H](Cc2ccccc2)C(=O)NC2CCCCC2)cc1. The van der Waals surface area contributed by atoms with Gasteiger partial charge in [0, 0.05) is 33.1 Å². The van der Waals surface area contributed by atoms with Crippen LogP contribution in [0.5, 0.6) is 0 Å². The number of benzene rings is 3. The lowest BCUT2D eigenvalue weighted by Crippen LogP contribution is -2.55. The standard InChI is InChI=1S/C33H41FN4O4S/c1-25-18-20-27(21-19-25)23-37(32(39)24-38(43(41,42)36(2)3)30-17-11-10-16-29(30)34)31(22-26-12-6-4-7-13-26)33(40)35-28-14-8-5-9-15-28/h4,6-7,10-13,16-21,28,31H,5,8-9,14-15,22-24H2,1-3H3,(H,35,40)/t31-/m1/s1. The van der Waals surface area contributed by atoms with Gasteiger partial charge in [-0.05, 0) is 43.0 Å². The molecule has 2 amide bonds. The fourth-order valence-electron chi connectivity index (χ4n) is 5.34. The minimum absolute atomic E-state index is 0.0138. The molecule has 1 fully saturated rings. The smallest absolute Gasteiger partial charge is 0.304 e. The lowest BCUT2D eigenvalue weighted by molar-refractivity contribution is -0.140. The zero-order valence-corrected chi connectivity index (χ0v) is 25.9. The summed E-state index contributed by atoms with van der Waals surface area (Å²) in [5, 5.41) is 3.18. The first-order valence-corrected chi connectivity index (χ1v) is 16.1. The molecule has 0 aliphatic heterocycles. The summed E-state index contributed by atoms with van der Waals surface area (Å²) in [6.45, 7) is 1.35. The van der Waals surface area contributed by atoms with Gasteiger partial charge in [-0.2, -0.15) is 12.7 Å². The first kappa shape index (κ1) is 32.2. The van der Waals surface area contributed by atoms with Crippen molar-refractivity contribution < 1.29 is 22.4 Å². The molecule has 1 atom stereocenters. The van der Waals surface area contributed by atoms with Gasteiger partial charge in [0.25, 0.3) is 0 Å².